The average molecular weight is 410 g/mol. The summed E-state index contributed by atoms with van der Waals surface area (Å²) in [6.07, 6.45) is 3.36. The van der Waals surface area contributed by atoms with Crippen LogP contribution in [0.5, 0.6) is 0 Å². The Bertz CT molecular complexity index is 1040. The van der Waals surface area contributed by atoms with Gasteiger partial charge in [0, 0.05) is 29.7 Å². The largest absolute Gasteiger partial charge is 0.371 e. The van der Waals surface area contributed by atoms with Crippen LogP contribution in [0.3, 0.4) is 0 Å². The van der Waals surface area contributed by atoms with Gasteiger partial charge in [-0.05, 0) is 48.9 Å². The molecule has 1 aliphatic rings. The van der Waals surface area contributed by atoms with Gasteiger partial charge >= 0.3 is 0 Å². The molecule has 1 amide bonds. The first-order valence-corrected chi connectivity index (χ1v) is 10.4. The number of nitrogens with zero attached hydrogens (tertiary/aromatic N) is 1. The van der Waals surface area contributed by atoms with Crippen molar-refractivity contribution in [2.75, 3.05) is 23.9 Å². The quantitative estimate of drug-likeness (QED) is 0.474. The number of H-pyrrole nitrogens is 1. The minimum absolute atomic E-state index is 0.129. The third-order valence-corrected chi connectivity index (χ3v) is 6.02. The number of alkyl halides is 1. The summed E-state index contributed by atoms with van der Waals surface area (Å²) in [6.45, 7) is 1.93. The van der Waals surface area contributed by atoms with Gasteiger partial charge in [0.15, 0.2) is 5.78 Å². The van der Waals surface area contributed by atoms with Crippen LogP contribution >= 0.6 is 11.6 Å². The average Bonchev–Trinajstić information content (AvgIpc) is 3.13. The highest BCUT2D eigenvalue weighted by Crippen LogP contribution is 2.31. The summed E-state index contributed by atoms with van der Waals surface area (Å²) in [4.78, 5) is 29.4. The number of anilines is 1. The van der Waals surface area contributed by atoms with Crippen LogP contribution in [-0.2, 0) is 6.42 Å². The lowest BCUT2D eigenvalue weighted by Gasteiger charge is -2.33. The number of hydrogen-bond acceptors (Lipinski definition) is 3. The van der Waals surface area contributed by atoms with Gasteiger partial charge in [-0.25, -0.2) is 0 Å². The monoisotopic (exact) mass is 409 g/mol. The van der Waals surface area contributed by atoms with Crippen molar-refractivity contribution in [2.45, 2.75) is 19.3 Å². The lowest BCUT2D eigenvalue weighted by atomic mass is 9.90. The van der Waals surface area contributed by atoms with E-state index in [0.29, 0.717) is 16.9 Å². The maximum atomic E-state index is 12.3. The van der Waals surface area contributed by atoms with Crippen LogP contribution in [-0.4, -0.2) is 35.6 Å². The highest BCUT2D eigenvalue weighted by Gasteiger charge is 2.24. The number of nitrogens with one attached hydrogen (secondary N) is 1. The lowest BCUT2D eigenvalue weighted by Crippen LogP contribution is -2.34. The smallest absolute Gasteiger partial charge is 0.265 e. The summed E-state index contributed by atoms with van der Waals surface area (Å²) < 4.78 is 0. The van der Waals surface area contributed by atoms with Crippen molar-refractivity contribution >= 4 is 39.9 Å². The van der Waals surface area contributed by atoms with Crippen molar-refractivity contribution in [3.05, 3.63) is 65.4 Å². The fourth-order valence-electron chi connectivity index (χ4n) is 4.26. The molecule has 0 bridgehead atoms. The summed E-state index contributed by atoms with van der Waals surface area (Å²) in [7, 11) is 0. The number of rotatable bonds is 6. The number of halogens is 1. The Morgan fingerprint density at radius 3 is 2.48 bits per heavy atom. The van der Waals surface area contributed by atoms with E-state index in [1.165, 1.54) is 5.56 Å². The number of fused-ring (bicyclic) bond motifs is 1. The van der Waals surface area contributed by atoms with Crippen LogP contribution in [0.2, 0.25) is 0 Å². The van der Waals surface area contributed by atoms with Crippen LogP contribution in [0.15, 0.2) is 48.5 Å². The molecule has 1 fully saturated rings. The predicted octanol–water partition coefficient (Wildman–Crippen LogP) is 4.15. The van der Waals surface area contributed by atoms with E-state index in [2.05, 4.69) is 40.2 Å². The minimum atomic E-state index is -0.655. The highest BCUT2D eigenvalue weighted by atomic mass is 35.5. The molecule has 1 aliphatic heterocycles. The zero-order valence-electron chi connectivity index (χ0n) is 16.2. The van der Waals surface area contributed by atoms with Crippen LogP contribution in [0, 0.1) is 5.92 Å². The molecule has 5 nitrogen and oxygen atoms in total. The Kier molecular flexibility index (Phi) is 5.58. The zero-order valence-corrected chi connectivity index (χ0v) is 16.9. The number of carbonyl (C=O) groups excluding carboxylic acids is 2. The maximum Gasteiger partial charge on any atom is 0.265 e. The van der Waals surface area contributed by atoms with Crippen molar-refractivity contribution in [1.29, 1.82) is 0 Å². The van der Waals surface area contributed by atoms with Crippen molar-refractivity contribution in [3.8, 4) is 0 Å². The van der Waals surface area contributed by atoms with Gasteiger partial charge in [0.1, 0.15) is 5.69 Å². The van der Waals surface area contributed by atoms with E-state index >= 15 is 0 Å². The number of carbonyl (C=O) groups is 2. The second kappa shape index (κ2) is 8.29. The van der Waals surface area contributed by atoms with E-state index in [4.69, 9.17) is 17.3 Å². The summed E-state index contributed by atoms with van der Waals surface area (Å²) in [6, 6.07) is 16.5. The number of piperidine rings is 1. The Balaban J connectivity index is 1.54. The first-order chi connectivity index (χ1) is 14.1. The van der Waals surface area contributed by atoms with Gasteiger partial charge in [0.05, 0.1) is 11.4 Å². The molecule has 150 valence electrons. The van der Waals surface area contributed by atoms with Crippen LogP contribution in [0.25, 0.3) is 10.9 Å². The molecule has 29 heavy (non-hydrogen) atoms. The minimum Gasteiger partial charge on any atom is -0.371 e. The van der Waals surface area contributed by atoms with Crippen molar-refractivity contribution in [1.82, 2.24) is 4.98 Å². The van der Waals surface area contributed by atoms with Crippen LogP contribution < -0.4 is 10.6 Å². The molecule has 0 radical (unpaired) electrons. The van der Waals surface area contributed by atoms with Gasteiger partial charge in [-0.15, -0.1) is 11.6 Å². The summed E-state index contributed by atoms with van der Waals surface area (Å²) in [5, 5.41) is 0.702. The molecular formula is C23H24ClN3O2. The van der Waals surface area contributed by atoms with E-state index in [9.17, 15) is 9.59 Å². The third kappa shape index (κ3) is 4.01. The Hall–Kier alpha value is -2.79. The second-order valence-electron chi connectivity index (χ2n) is 7.65. The molecule has 0 aliphatic carbocycles. The lowest BCUT2D eigenvalue weighted by molar-refractivity contribution is 0.0973. The van der Waals surface area contributed by atoms with E-state index in [0.717, 1.165) is 43.6 Å². The summed E-state index contributed by atoms with van der Waals surface area (Å²) >= 11 is 5.77. The van der Waals surface area contributed by atoms with E-state index in [1.807, 2.05) is 18.2 Å². The molecule has 3 aromatic rings. The number of Topliss-reactive ketones (excluding diaryl/α,β-unsaturated/α-hetero) is 1. The molecule has 0 unspecified atom stereocenters. The van der Waals surface area contributed by atoms with Gasteiger partial charge in [-0.2, -0.15) is 0 Å². The van der Waals surface area contributed by atoms with E-state index in [1.54, 1.807) is 0 Å². The van der Waals surface area contributed by atoms with Crippen LogP contribution in [0.1, 0.15) is 39.3 Å². The first-order valence-electron chi connectivity index (χ1n) is 9.90. The van der Waals surface area contributed by atoms with Gasteiger partial charge in [-0.1, -0.05) is 30.3 Å². The Labute approximate surface area is 174 Å². The number of ketones is 1. The molecule has 2 aromatic carbocycles. The number of primary amides is 1. The molecule has 6 heteroatoms. The number of aromatic nitrogens is 1. The number of aromatic amines is 1. The molecule has 0 spiro atoms. The van der Waals surface area contributed by atoms with Crippen LogP contribution in [0.4, 0.5) is 5.69 Å². The maximum absolute atomic E-state index is 12.3. The SMILES string of the molecule is NC(=O)c1[nH]c2ccc(N3CCC(Cc4ccccc4)CC3)cc2c1C(=O)CCl. The van der Waals surface area contributed by atoms with E-state index in [-0.39, 0.29) is 17.4 Å². The fourth-order valence-corrected chi connectivity index (χ4v) is 4.39. The number of amides is 1. The van der Waals surface area contributed by atoms with Crippen molar-refractivity contribution in [3.63, 3.8) is 0 Å². The molecule has 1 aromatic heterocycles. The van der Waals surface area contributed by atoms with Gasteiger partial charge in [-0.3, -0.25) is 9.59 Å². The standard InChI is InChI=1S/C23H24ClN3O2/c24-14-20(28)21-18-13-17(6-7-19(18)26-22(21)23(25)29)27-10-8-16(9-11-27)12-15-4-2-1-3-5-15/h1-7,13,16,26H,8-12,14H2,(H2,25,29). The molecule has 4 rings (SSSR count). The van der Waals surface area contributed by atoms with E-state index < -0.39 is 5.91 Å². The van der Waals surface area contributed by atoms with Gasteiger partial charge in [0.25, 0.3) is 5.91 Å². The summed E-state index contributed by atoms with van der Waals surface area (Å²) in [5.41, 5.74) is 9.04. The molecule has 2 heterocycles. The number of hydrogen-bond donors (Lipinski definition) is 2. The number of nitrogens with two attached hydrogens (primary N) is 1. The van der Waals surface area contributed by atoms with Crippen molar-refractivity contribution in [2.24, 2.45) is 11.7 Å². The molecular weight excluding hydrogens is 386 g/mol. The zero-order chi connectivity index (χ0) is 20.4. The van der Waals surface area contributed by atoms with Gasteiger partial charge < -0.3 is 15.6 Å². The normalized spacial score (nSPS) is 15.0. The molecule has 0 atom stereocenters. The molecule has 3 N–H and O–H groups in total. The Morgan fingerprint density at radius 1 is 1.10 bits per heavy atom. The number of benzene rings is 2. The van der Waals surface area contributed by atoms with Crippen molar-refractivity contribution < 1.29 is 9.59 Å². The summed E-state index contributed by atoms with van der Waals surface area (Å²) in [5.74, 6) is -0.467. The molecule has 1 saturated heterocycles. The second-order valence-corrected chi connectivity index (χ2v) is 7.91. The fraction of sp³-hybridized carbons (Fsp3) is 0.304. The van der Waals surface area contributed by atoms with Gasteiger partial charge in [0.2, 0.25) is 0 Å². The topological polar surface area (TPSA) is 79.2 Å². The third-order valence-electron chi connectivity index (χ3n) is 5.78. The predicted molar refractivity (Wildman–Crippen MR) is 117 cm³/mol. The first kappa shape index (κ1) is 19.5. The highest BCUT2D eigenvalue weighted by molar-refractivity contribution is 6.33. The molecule has 0 saturated carbocycles. The Morgan fingerprint density at radius 2 is 1.83 bits per heavy atom.